The highest BCUT2D eigenvalue weighted by molar-refractivity contribution is 9.10. The molecule has 0 aromatic heterocycles. The maximum Gasteiger partial charge on any atom is 0.323 e. The third-order valence-electron chi connectivity index (χ3n) is 2.79. The molecule has 5 heteroatoms. The third kappa shape index (κ3) is 3.57. The van der Waals surface area contributed by atoms with Gasteiger partial charge in [-0.1, -0.05) is 19.1 Å². The molecular formula is C13H16BrNO3. The van der Waals surface area contributed by atoms with Crippen LogP contribution in [-0.2, 0) is 4.79 Å². The molecule has 0 bridgehead atoms. The van der Waals surface area contributed by atoms with E-state index in [0.717, 1.165) is 0 Å². The second-order valence-corrected chi connectivity index (χ2v) is 4.92. The van der Waals surface area contributed by atoms with Crippen molar-refractivity contribution in [3.05, 3.63) is 34.3 Å². The molecule has 0 aliphatic rings. The number of hydrogen-bond donors (Lipinski definition) is 1. The molecular weight excluding hydrogens is 298 g/mol. The minimum absolute atomic E-state index is 0.110. The zero-order valence-electron chi connectivity index (χ0n) is 10.4. The van der Waals surface area contributed by atoms with Gasteiger partial charge in [-0.25, -0.2) is 0 Å². The quantitative estimate of drug-likeness (QED) is 0.909. The summed E-state index contributed by atoms with van der Waals surface area (Å²) in [5.41, 5.74) is 0.485. The highest BCUT2D eigenvalue weighted by Gasteiger charge is 2.23. The number of benzene rings is 1. The fraction of sp³-hybridized carbons (Fsp3) is 0.385. The van der Waals surface area contributed by atoms with E-state index < -0.39 is 5.97 Å². The van der Waals surface area contributed by atoms with Crippen molar-refractivity contribution in [2.75, 3.05) is 6.54 Å². The van der Waals surface area contributed by atoms with Crippen LogP contribution in [0, 0.1) is 0 Å². The average Bonchev–Trinajstić information content (AvgIpc) is 2.34. The summed E-state index contributed by atoms with van der Waals surface area (Å²) in [5.74, 6) is -1.27. The summed E-state index contributed by atoms with van der Waals surface area (Å²) in [7, 11) is 0. The minimum atomic E-state index is -1.00. The van der Waals surface area contributed by atoms with Crippen molar-refractivity contribution < 1.29 is 14.7 Å². The lowest BCUT2D eigenvalue weighted by atomic mass is 10.1. The molecule has 0 saturated heterocycles. The third-order valence-corrected chi connectivity index (χ3v) is 3.49. The van der Waals surface area contributed by atoms with E-state index in [1.165, 1.54) is 4.90 Å². The fourth-order valence-electron chi connectivity index (χ4n) is 1.58. The molecule has 0 heterocycles. The predicted octanol–water partition coefficient (Wildman–Crippen LogP) is 2.77. The average molecular weight is 314 g/mol. The normalized spacial score (nSPS) is 11.9. The van der Waals surface area contributed by atoms with Crippen LogP contribution in [0.3, 0.4) is 0 Å². The van der Waals surface area contributed by atoms with Gasteiger partial charge in [0.2, 0.25) is 0 Å². The Hall–Kier alpha value is -1.36. The smallest absolute Gasteiger partial charge is 0.323 e. The Labute approximate surface area is 115 Å². The molecule has 1 rings (SSSR count). The molecule has 0 saturated carbocycles. The van der Waals surface area contributed by atoms with Crippen molar-refractivity contribution in [2.24, 2.45) is 0 Å². The number of hydrogen-bond acceptors (Lipinski definition) is 2. The van der Waals surface area contributed by atoms with Crippen molar-refractivity contribution in [2.45, 2.75) is 26.3 Å². The molecule has 18 heavy (non-hydrogen) atoms. The van der Waals surface area contributed by atoms with Crippen molar-refractivity contribution in [3.63, 3.8) is 0 Å². The van der Waals surface area contributed by atoms with Crippen molar-refractivity contribution in [3.8, 4) is 0 Å². The van der Waals surface area contributed by atoms with Gasteiger partial charge in [-0.3, -0.25) is 9.59 Å². The zero-order chi connectivity index (χ0) is 13.7. The molecule has 0 fully saturated rings. The Morgan fingerprint density at radius 1 is 1.39 bits per heavy atom. The predicted molar refractivity (Wildman–Crippen MR) is 72.6 cm³/mol. The molecule has 98 valence electrons. The fourth-order valence-corrected chi connectivity index (χ4v) is 2.04. The maximum atomic E-state index is 12.3. The number of carboxylic acids is 1. The van der Waals surface area contributed by atoms with Crippen LogP contribution in [0.5, 0.6) is 0 Å². The largest absolute Gasteiger partial charge is 0.480 e. The van der Waals surface area contributed by atoms with Gasteiger partial charge in [-0.15, -0.1) is 0 Å². The standard InChI is InChI=1S/C13H16BrNO3/c1-3-9(2)15(8-12(16)17)13(18)10-6-4-5-7-11(10)14/h4-7,9H,3,8H2,1-2H3,(H,16,17). The summed E-state index contributed by atoms with van der Waals surface area (Å²) in [6.07, 6.45) is 0.712. The van der Waals surface area contributed by atoms with Gasteiger partial charge < -0.3 is 10.0 Å². The van der Waals surface area contributed by atoms with Crippen LogP contribution in [0.15, 0.2) is 28.7 Å². The van der Waals surface area contributed by atoms with Gasteiger partial charge in [0.15, 0.2) is 0 Å². The SMILES string of the molecule is CCC(C)N(CC(=O)O)C(=O)c1ccccc1Br. The molecule has 1 aromatic carbocycles. The van der Waals surface area contributed by atoms with Gasteiger partial charge in [0.1, 0.15) is 6.54 Å². The molecule has 0 spiro atoms. The Morgan fingerprint density at radius 2 is 2.00 bits per heavy atom. The molecule has 0 aliphatic carbocycles. The Morgan fingerprint density at radius 3 is 2.50 bits per heavy atom. The van der Waals surface area contributed by atoms with Crippen LogP contribution in [0.2, 0.25) is 0 Å². The molecule has 4 nitrogen and oxygen atoms in total. The monoisotopic (exact) mass is 313 g/mol. The number of carbonyl (C=O) groups excluding carboxylic acids is 1. The van der Waals surface area contributed by atoms with E-state index in [9.17, 15) is 9.59 Å². The first-order chi connectivity index (χ1) is 8.47. The Bertz CT molecular complexity index is 448. The molecule has 0 aliphatic heterocycles. The summed E-state index contributed by atoms with van der Waals surface area (Å²) >= 11 is 3.31. The molecule has 1 N–H and O–H groups in total. The van der Waals surface area contributed by atoms with Gasteiger partial charge in [0.25, 0.3) is 5.91 Å². The first-order valence-corrected chi connectivity index (χ1v) is 6.54. The van der Waals surface area contributed by atoms with E-state index in [0.29, 0.717) is 16.5 Å². The van der Waals surface area contributed by atoms with Crippen molar-refractivity contribution in [1.82, 2.24) is 4.90 Å². The highest BCUT2D eigenvalue weighted by Crippen LogP contribution is 2.19. The molecule has 1 aromatic rings. The highest BCUT2D eigenvalue weighted by atomic mass is 79.9. The second-order valence-electron chi connectivity index (χ2n) is 4.06. The summed E-state index contributed by atoms with van der Waals surface area (Å²) < 4.78 is 0.675. The van der Waals surface area contributed by atoms with Crippen molar-refractivity contribution in [1.29, 1.82) is 0 Å². The van der Waals surface area contributed by atoms with E-state index in [4.69, 9.17) is 5.11 Å². The second kappa shape index (κ2) is 6.54. The van der Waals surface area contributed by atoms with E-state index in [-0.39, 0.29) is 18.5 Å². The lowest BCUT2D eigenvalue weighted by Crippen LogP contribution is -2.41. The summed E-state index contributed by atoms with van der Waals surface area (Å²) in [6, 6.07) is 6.91. The minimum Gasteiger partial charge on any atom is -0.480 e. The maximum absolute atomic E-state index is 12.3. The summed E-state index contributed by atoms with van der Waals surface area (Å²) in [4.78, 5) is 24.6. The van der Waals surface area contributed by atoms with Gasteiger partial charge in [-0.05, 0) is 41.4 Å². The molecule has 1 atom stereocenters. The Kier molecular flexibility index (Phi) is 5.34. The van der Waals surface area contributed by atoms with Gasteiger partial charge >= 0.3 is 5.97 Å². The number of carbonyl (C=O) groups is 2. The van der Waals surface area contributed by atoms with Gasteiger partial charge in [-0.2, -0.15) is 0 Å². The zero-order valence-corrected chi connectivity index (χ0v) is 12.0. The lowest BCUT2D eigenvalue weighted by Gasteiger charge is -2.27. The van der Waals surface area contributed by atoms with E-state index in [1.807, 2.05) is 19.9 Å². The Balaban J connectivity index is 3.02. The number of amides is 1. The van der Waals surface area contributed by atoms with Crippen LogP contribution in [-0.4, -0.2) is 34.5 Å². The van der Waals surface area contributed by atoms with E-state index >= 15 is 0 Å². The van der Waals surface area contributed by atoms with Crippen LogP contribution in [0.4, 0.5) is 0 Å². The first kappa shape index (κ1) is 14.7. The molecule has 0 radical (unpaired) electrons. The topological polar surface area (TPSA) is 57.6 Å². The van der Waals surface area contributed by atoms with Gasteiger partial charge in [0, 0.05) is 10.5 Å². The molecule has 1 unspecified atom stereocenters. The summed E-state index contributed by atoms with van der Waals surface area (Å²) in [5, 5.41) is 8.89. The van der Waals surface area contributed by atoms with Crippen LogP contribution in [0.1, 0.15) is 30.6 Å². The molecule has 1 amide bonds. The van der Waals surface area contributed by atoms with E-state index in [1.54, 1.807) is 18.2 Å². The summed E-state index contributed by atoms with van der Waals surface area (Å²) in [6.45, 7) is 3.49. The van der Waals surface area contributed by atoms with Crippen LogP contribution >= 0.6 is 15.9 Å². The van der Waals surface area contributed by atoms with E-state index in [2.05, 4.69) is 15.9 Å². The first-order valence-electron chi connectivity index (χ1n) is 5.74. The van der Waals surface area contributed by atoms with Crippen LogP contribution in [0.25, 0.3) is 0 Å². The lowest BCUT2D eigenvalue weighted by molar-refractivity contribution is -0.138. The number of aliphatic carboxylic acids is 1. The number of carboxylic acid groups (broad SMARTS) is 1. The number of halogens is 1. The van der Waals surface area contributed by atoms with Gasteiger partial charge in [0.05, 0.1) is 5.56 Å². The van der Waals surface area contributed by atoms with Crippen molar-refractivity contribution >= 4 is 27.8 Å². The number of rotatable bonds is 5. The van der Waals surface area contributed by atoms with Crippen LogP contribution < -0.4 is 0 Å². The number of nitrogens with zero attached hydrogens (tertiary/aromatic N) is 1.